The first-order chi connectivity index (χ1) is 13.2. The van der Waals surface area contributed by atoms with Crippen molar-refractivity contribution in [3.8, 4) is 0 Å². The third kappa shape index (κ3) is 3.63. The van der Waals surface area contributed by atoms with Gasteiger partial charge in [0.25, 0.3) is 11.8 Å². The van der Waals surface area contributed by atoms with Gasteiger partial charge >= 0.3 is 0 Å². The molecule has 0 spiro atoms. The highest BCUT2D eigenvalue weighted by Gasteiger charge is 2.62. The number of nitrogens with one attached hydrogen (secondary N) is 2. The molecule has 152 valence electrons. The van der Waals surface area contributed by atoms with E-state index in [2.05, 4.69) is 10.9 Å². The Labute approximate surface area is 162 Å². The van der Waals surface area contributed by atoms with Gasteiger partial charge in [-0.25, -0.2) is 0 Å². The van der Waals surface area contributed by atoms with Gasteiger partial charge in [-0.05, 0) is 39.8 Å². The Kier molecular flexibility index (Phi) is 4.67. The fraction of sp³-hybridized carbons (Fsp3) is 0.579. The lowest BCUT2D eigenvalue weighted by atomic mass is 9.98. The van der Waals surface area contributed by atoms with Gasteiger partial charge in [-0.2, -0.15) is 0 Å². The van der Waals surface area contributed by atoms with Crippen molar-refractivity contribution in [2.24, 2.45) is 0 Å². The molecule has 5 atom stereocenters. The first-order valence-electron chi connectivity index (χ1n) is 9.17. The van der Waals surface area contributed by atoms with Crippen LogP contribution in [0.4, 0.5) is 0 Å². The van der Waals surface area contributed by atoms with Gasteiger partial charge in [0.05, 0.1) is 0 Å². The molecule has 2 amide bonds. The second-order valence-electron chi connectivity index (χ2n) is 7.90. The molecule has 0 aliphatic carbocycles. The first-order valence-corrected chi connectivity index (χ1v) is 9.17. The molecule has 2 N–H and O–H groups in total. The van der Waals surface area contributed by atoms with Crippen molar-refractivity contribution in [1.82, 2.24) is 10.9 Å². The van der Waals surface area contributed by atoms with E-state index in [1.54, 1.807) is 58.0 Å². The fourth-order valence-electron chi connectivity index (χ4n) is 3.67. The third-order valence-electron chi connectivity index (χ3n) is 4.75. The van der Waals surface area contributed by atoms with Crippen LogP contribution in [0.2, 0.25) is 0 Å². The molecule has 0 bridgehead atoms. The number of amides is 2. The largest absolute Gasteiger partial charge is 0.342 e. The number of ether oxygens (including phenoxy) is 5. The Morgan fingerprint density at radius 2 is 1.43 bits per heavy atom. The maximum Gasteiger partial charge on any atom is 0.270 e. The Balaban J connectivity index is 1.47. The van der Waals surface area contributed by atoms with Crippen molar-refractivity contribution in [3.63, 3.8) is 0 Å². The minimum atomic E-state index is -1.04. The summed E-state index contributed by atoms with van der Waals surface area (Å²) in [4.78, 5) is 24.9. The van der Waals surface area contributed by atoms with E-state index in [0.29, 0.717) is 5.56 Å². The zero-order valence-corrected chi connectivity index (χ0v) is 16.1. The van der Waals surface area contributed by atoms with E-state index in [-0.39, 0.29) is 0 Å². The standard InChI is InChI=1S/C19H24N2O7/c1-18(2)25-11-12(26-18)14-17(28-19(3,4)27-14)24-13(11)16(23)21-20-15(22)10-8-6-5-7-9-10/h5-9,11-14,17H,1-4H3,(H,20,22)(H,21,23)/t11-,12+,13-,14-,17+/m1/s1. The van der Waals surface area contributed by atoms with Crippen molar-refractivity contribution in [2.75, 3.05) is 0 Å². The molecule has 0 unspecified atom stereocenters. The van der Waals surface area contributed by atoms with Gasteiger partial charge in [0.1, 0.15) is 18.3 Å². The lowest BCUT2D eigenvalue weighted by Gasteiger charge is -2.36. The summed E-state index contributed by atoms with van der Waals surface area (Å²) in [5.41, 5.74) is 5.20. The SMILES string of the molecule is CC1(C)O[C@H]2[C@@H](O1)[C@H](C(=O)NNC(=O)c1ccccc1)O[C@H]1OC(C)(C)O[C@@H]12. The minimum Gasteiger partial charge on any atom is -0.342 e. The molecule has 9 nitrogen and oxygen atoms in total. The van der Waals surface area contributed by atoms with Crippen LogP contribution in [0.1, 0.15) is 38.1 Å². The maximum absolute atomic E-state index is 12.8. The Hall–Kier alpha value is -2.04. The van der Waals surface area contributed by atoms with E-state index >= 15 is 0 Å². The summed E-state index contributed by atoms with van der Waals surface area (Å²) in [6, 6.07) is 8.54. The number of hydrazine groups is 1. The molecule has 3 aliphatic heterocycles. The van der Waals surface area contributed by atoms with Crippen LogP contribution in [-0.4, -0.2) is 54.1 Å². The van der Waals surface area contributed by atoms with Gasteiger partial charge in [-0.15, -0.1) is 0 Å². The molecule has 28 heavy (non-hydrogen) atoms. The zero-order valence-electron chi connectivity index (χ0n) is 16.1. The molecule has 0 saturated carbocycles. The number of benzene rings is 1. The predicted octanol–water partition coefficient (Wildman–Crippen LogP) is 0.844. The molecule has 3 aliphatic rings. The number of carbonyl (C=O) groups is 2. The minimum absolute atomic E-state index is 0.418. The number of carbonyl (C=O) groups excluding carboxylic acids is 2. The van der Waals surface area contributed by atoms with Crippen molar-refractivity contribution in [1.29, 1.82) is 0 Å². The summed E-state index contributed by atoms with van der Waals surface area (Å²) in [7, 11) is 0. The smallest absolute Gasteiger partial charge is 0.270 e. The van der Waals surface area contributed by atoms with E-state index in [0.717, 1.165) is 0 Å². The summed E-state index contributed by atoms with van der Waals surface area (Å²) in [6.45, 7) is 7.04. The van der Waals surface area contributed by atoms with Crippen molar-refractivity contribution >= 4 is 11.8 Å². The quantitative estimate of drug-likeness (QED) is 0.719. The predicted molar refractivity (Wildman–Crippen MR) is 94.6 cm³/mol. The molecule has 1 aromatic rings. The number of hydrogen-bond donors (Lipinski definition) is 2. The molecule has 1 aromatic carbocycles. The zero-order chi connectivity index (χ0) is 20.1. The Bertz CT molecular complexity index is 767. The van der Waals surface area contributed by atoms with Gasteiger partial charge in [0, 0.05) is 5.56 Å². The lowest BCUT2D eigenvalue weighted by molar-refractivity contribution is -0.231. The van der Waals surface area contributed by atoms with Crippen molar-refractivity contribution < 1.29 is 33.3 Å². The summed E-state index contributed by atoms with van der Waals surface area (Å²) >= 11 is 0. The normalized spacial score (nSPS) is 34.9. The summed E-state index contributed by atoms with van der Waals surface area (Å²) in [5, 5.41) is 0. The van der Waals surface area contributed by atoms with Crippen LogP contribution in [0.5, 0.6) is 0 Å². The molecule has 3 saturated heterocycles. The molecule has 0 aromatic heterocycles. The molecule has 0 radical (unpaired) electrons. The highest BCUT2D eigenvalue weighted by Crippen LogP contribution is 2.44. The average molecular weight is 392 g/mol. The van der Waals surface area contributed by atoms with Crippen LogP contribution in [0.15, 0.2) is 30.3 Å². The van der Waals surface area contributed by atoms with Gasteiger partial charge in [0.2, 0.25) is 0 Å². The average Bonchev–Trinajstić information content (AvgIpc) is 3.13. The third-order valence-corrected chi connectivity index (χ3v) is 4.75. The summed E-state index contributed by atoms with van der Waals surface area (Å²) < 4.78 is 29.3. The van der Waals surface area contributed by atoms with Crippen LogP contribution in [-0.2, 0) is 28.5 Å². The molecule has 9 heteroatoms. The van der Waals surface area contributed by atoms with E-state index in [4.69, 9.17) is 23.7 Å². The molecular weight excluding hydrogens is 368 g/mol. The van der Waals surface area contributed by atoms with Crippen LogP contribution in [0.25, 0.3) is 0 Å². The van der Waals surface area contributed by atoms with Crippen molar-refractivity contribution in [3.05, 3.63) is 35.9 Å². The second-order valence-corrected chi connectivity index (χ2v) is 7.90. The topological polar surface area (TPSA) is 104 Å². The van der Waals surface area contributed by atoms with Crippen LogP contribution >= 0.6 is 0 Å². The van der Waals surface area contributed by atoms with Crippen molar-refractivity contribution in [2.45, 2.75) is 70.0 Å². The van der Waals surface area contributed by atoms with Gasteiger partial charge in [-0.1, -0.05) is 18.2 Å². The van der Waals surface area contributed by atoms with Crippen LogP contribution < -0.4 is 10.9 Å². The summed E-state index contributed by atoms with van der Waals surface area (Å²) in [5.74, 6) is -2.78. The molecule has 4 rings (SSSR count). The Morgan fingerprint density at radius 3 is 2.14 bits per heavy atom. The van der Waals surface area contributed by atoms with E-state index in [1.807, 2.05) is 0 Å². The Morgan fingerprint density at radius 1 is 0.821 bits per heavy atom. The van der Waals surface area contributed by atoms with Gasteiger partial charge in [0.15, 0.2) is 24.0 Å². The van der Waals surface area contributed by atoms with E-state index < -0.39 is 54.1 Å². The molecule has 3 heterocycles. The molecular formula is C19H24N2O7. The highest BCUT2D eigenvalue weighted by molar-refractivity contribution is 5.95. The number of fused-ring (bicyclic) bond motifs is 3. The monoisotopic (exact) mass is 392 g/mol. The number of hydrogen-bond acceptors (Lipinski definition) is 7. The molecule has 3 fully saturated rings. The van der Waals surface area contributed by atoms with E-state index in [9.17, 15) is 9.59 Å². The maximum atomic E-state index is 12.8. The highest BCUT2D eigenvalue weighted by atomic mass is 16.9. The van der Waals surface area contributed by atoms with Gasteiger partial charge < -0.3 is 23.7 Å². The number of rotatable bonds is 2. The van der Waals surface area contributed by atoms with E-state index in [1.165, 1.54) is 0 Å². The lowest BCUT2D eigenvalue weighted by Crippen LogP contribution is -2.61. The second kappa shape index (κ2) is 6.78. The van der Waals surface area contributed by atoms with Crippen LogP contribution in [0, 0.1) is 0 Å². The fourth-order valence-corrected chi connectivity index (χ4v) is 3.67. The van der Waals surface area contributed by atoms with Crippen LogP contribution in [0.3, 0.4) is 0 Å². The summed E-state index contributed by atoms with van der Waals surface area (Å²) in [6.07, 6.45) is -3.60. The van der Waals surface area contributed by atoms with Gasteiger partial charge in [-0.3, -0.25) is 20.4 Å². The first kappa shape index (κ1) is 19.3.